The van der Waals surface area contributed by atoms with Gasteiger partial charge < -0.3 is 19.0 Å². The van der Waals surface area contributed by atoms with Crippen molar-refractivity contribution in [3.8, 4) is 0 Å². The minimum atomic E-state index is -0.562. The average molecular weight is 214 g/mol. The lowest BCUT2D eigenvalue weighted by molar-refractivity contribution is 0.0864. The van der Waals surface area contributed by atoms with Crippen molar-refractivity contribution in [2.24, 2.45) is 7.05 Å². The standard InChI is InChI=1S/C9H14N2O4/c1-10-2-3-11(9(14)8(10)13)4-6-15-7-5-12/h2-3,12H,4-7H2,1H3. The number of ether oxygens (including phenoxy) is 1. The predicted molar refractivity (Wildman–Crippen MR) is 53.8 cm³/mol. The summed E-state index contributed by atoms with van der Waals surface area (Å²) in [5.74, 6) is 0. The second-order valence-corrected chi connectivity index (χ2v) is 3.05. The van der Waals surface area contributed by atoms with Crippen molar-refractivity contribution in [3.63, 3.8) is 0 Å². The van der Waals surface area contributed by atoms with Crippen LogP contribution in [0.25, 0.3) is 0 Å². The fourth-order valence-corrected chi connectivity index (χ4v) is 1.10. The molecule has 0 unspecified atom stereocenters. The van der Waals surface area contributed by atoms with Crippen LogP contribution in [0.4, 0.5) is 0 Å². The average Bonchev–Trinajstić information content (AvgIpc) is 2.24. The lowest BCUT2D eigenvalue weighted by atomic mass is 10.5. The highest BCUT2D eigenvalue weighted by molar-refractivity contribution is 4.84. The first-order valence-corrected chi connectivity index (χ1v) is 4.61. The summed E-state index contributed by atoms with van der Waals surface area (Å²) in [4.78, 5) is 22.6. The summed E-state index contributed by atoms with van der Waals surface area (Å²) in [5, 5.41) is 8.45. The molecule has 1 aromatic rings. The molecule has 0 saturated heterocycles. The maximum absolute atomic E-state index is 11.4. The van der Waals surface area contributed by atoms with Crippen molar-refractivity contribution in [1.29, 1.82) is 0 Å². The van der Waals surface area contributed by atoms with E-state index in [1.165, 1.54) is 28.6 Å². The molecule has 15 heavy (non-hydrogen) atoms. The number of aromatic nitrogens is 2. The van der Waals surface area contributed by atoms with Gasteiger partial charge in [0.2, 0.25) is 0 Å². The van der Waals surface area contributed by atoms with Gasteiger partial charge in [0.15, 0.2) is 0 Å². The molecule has 0 aliphatic heterocycles. The first-order valence-electron chi connectivity index (χ1n) is 4.61. The van der Waals surface area contributed by atoms with Crippen LogP contribution in [-0.4, -0.2) is 34.1 Å². The Morgan fingerprint density at radius 2 is 2.00 bits per heavy atom. The van der Waals surface area contributed by atoms with E-state index in [-0.39, 0.29) is 13.2 Å². The van der Waals surface area contributed by atoms with Gasteiger partial charge in [0.05, 0.1) is 19.8 Å². The fourth-order valence-electron chi connectivity index (χ4n) is 1.10. The minimum absolute atomic E-state index is 0.0501. The first kappa shape index (κ1) is 11.7. The summed E-state index contributed by atoms with van der Waals surface area (Å²) in [5.41, 5.74) is -1.12. The van der Waals surface area contributed by atoms with Gasteiger partial charge in [-0.05, 0) is 0 Å². The molecule has 6 nitrogen and oxygen atoms in total. The molecule has 0 aliphatic rings. The second kappa shape index (κ2) is 5.47. The zero-order valence-electron chi connectivity index (χ0n) is 8.55. The molecule has 0 spiro atoms. The molecule has 84 valence electrons. The maximum Gasteiger partial charge on any atom is 0.316 e. The number of aliphatic hydroxyl groups excluding tert-OH is 1. The van der Waals surface area contributed by atoms with Gasteiger partial charge >= 0.3 is 11.1 Å². The van der Waals surface area contributed by atoms with Crippen LogP contribution in [0.5, 0.6) is 0 Å². The van der Waals surface area contributed by atoms with E-state index >= 15 is 0 Å². The van der Waals surface area contributed by atoms with Crippen LogP contribution in [0.15, 0.2) is 22.0 Å². The maximum atomic E-state index is 11.4. The second-order valence-electron chi connectivity index (χ2n) is 3.05. The van der Waals surface area contributed by atoms with Crippen LogP contribution in [-0.2, 0) is 18.3 Å². The predicted octanol–water partition coefficient (Wildman–Crippen LogP) is -1.44. The Morgan fingerprint density at radius 3 is 2.67 bits per heavy atom. The molecule has 0 radical (unpaired) electrons. The Labute approximate surface area is 86.3 Å². The molecule has 0 bridgehead atoms. The Hall–Kier alpha value is -1.40. The molecule has 0 amide bonds. The van der Waals surface area contributed by atoms with Gasteiger partial charge in [0.1, 0.15) is 0 Å². The third-order valence-corrected chi connectivity index (χ3v) is 1.95. The van der Waals surface area contributed by atoms with Gasteiger partial charge in [-0.2, -0.15) is 0 Å². The van der Waals surface area contributed by atoms with Crippen molar-refractivity contribution < 1.29 is 9.84 Å². The Morgan fingerprint density at radius 1 is 1.27 bits per heavy atom. The van der Waals surface area contributed by atoms with Gasteiger partial charge in [0.25, 0.3) is 0 Å². The summed E-state index contributed by atoms with van der Waals surface area (Å²) in [7, 11) is 1.52. The van der Waals surface area contributed by atoms with Crippen molar-refractivity contribution in [2.75, 3.05) is 19.8 Å². The van der Waals surface area contributed by atoms with Gasteiger partial charge in [0, 0.05) is 26.0 Å². The Bertz CT molecular complexity index is 421. The highest BCUT2D eigenvalue weighted by Gasteiger charge is 2.01. The molecule has 0 fully saturated rings. The van der Waals surface area contributed by atoms with Crippen molar-refractivity contribution >= 4 is 0 Å². The number of aliphatic hydroxyl groups is 1. The Kier molecular flexibility index (Phi) is 4.26. The SMILES string of the molecule is Cn1ccn(CCOCCO)c(=O)c1=O. The van der Waals surface area contributed by atoms with E-state index in [9.17, 15) is 9.59 Å². The summed E-state index contributed by atoms with van der Waals surface area (Å²) in [6, 6.07) is 0. The quantitative estimate of drug-likeness (QED) is 0.481. The fraction of sp³-hybridized carbons (Fsp3) is 0.556. The van der Waals surface area contributed by atoms with Gasteiger partial charge in [-0.15, -0.1) is 0 Å². The molecule has 0 atom stereocenters. The van der Waals surface area contributed by atoms with E-state index in [4.69, 9.17) is 9.84 Å². The van der Waals surface area contributed by atoms with Crippen LogP contribution in [0.1, 0.15) is 0 Å². The monoisotopic (exact) mass is 214 g/mol. The van der Waals surface area contributed by atoms with Crippen LogP contribution >= 0.6 is 0 Å². The number of nitrogens with zero attached hydrogens (tertiary/aromatic N) is 2. The molecule has 0 aliphatic carbocycles. The van der Waals surface area contributed by atoms with Gasteiger partial charge in [-0.3, -0.25) is 9.59 Å². The van der Waals surface area contributed by atoms with Crippen LogP contribution in [0.2, 0.25) is 0 Å². The van der Waals surface area contributed by atoms with Crippen LogP contribution in [0.3, 0.4) is 0 Å². The highest BCUT2D eigenvalue weighted by atomic mass is 16.5. The largest absolute Gasteiger partial charge is 0.394 e. The molecule has 1 aromatic heterocycles. The number of aryl methyl sites for hydroxylation is 1. The van der Waals surface area contributed by atoms with E-state index in [1.54, 1.807) is 0 Å². The summed E-state index contributed by atoms with van der Waals surface area (Å²) in [6.45, 7) is 0.799. The molecule has 1 heterocycles. The molecule has 6 heteroatoms. The molecule has 1 rings (SSSR count). The van der Waals surface area contributed by atoms with E-state index in [2.05, 4.69) is 0 Å². The van der Waals surface area contributed by atoms with Gasteiger partial charge in [-0.1, -0.05) is 0 Å². The molecule has 1 N–H and O–H groups in total. The highest BCUT2D eigenvalue weighted by Crippen LogP contribution is 1.81. The molecular weight excluding hydrogens is 200 g/mol. The van der Waals surface area contributed by atoms with E-state index < -0.39 is 11.1 Å². The van der Waals surface area contributed by atoms with Crippen molar-refractivity contribution in [3.05, 3.63) is 33.1 Å². The number of rotatable bonds is 5. The lowest BCUT2D eigenvalue weighted by Crippen LogP contribution is -2.40. The zero-order valence-corrected chi connectivity index (χ0v) is 8.55. The first-order chi connectivity index (χ1) is 7.16. The zero-order chi connectivity index (χ0) is 11.3. The normalized spacial score (nSPS) is 10.5. The van der Waals surface area contributed by atoms with Crippen molar-refractivity contribution in [2.45, 2.75) is 6.54 Å². The van der Waals surface area contributed by atoms with E-state index in [1.807, 2.05) is 0 Å². The smallest absolute Gasteiger partial charge is 0.316 e. The lowest BCUT2D eigenvalue weighted by Gasteiger charge is -2.06. The summed E-state index contributed by atoms with van der Waals surface area (Å²) in [6.07, 6.45) is 3.06. The molecular formula is C9H14N2O4. The molecule has 0 aromatic carbocycles. The molecule has 0 saturated carbocycles. The topological polar surface area (TPSA) is 73.5 Å². The number of hydrogen-bond donors (Lipinski definition) is 1. The van der Waals surface area contributed by atoms with Crippen molar-refractivity contribution in [1.82, 2.24) is 9.13 Å². The van der Waals surface area contributed by atoms with E-state index in [0.717, 1.165) is 0 Å². The summed E-state index contributed by atoms with van der Waals surface area (Å²) < 4.78 is 7.51. The third-order valence-electron chi connectivity index (χ3n) is 1.95. The summed E-state index contributed by atoms with van der Waals surface area (Å²) >= 11 is 0. The third kappa shape index (κ3) is 3.03. The van der Waals surface area contributed by atoms with Crippen LogP contribution in [0, 0.1) is 0 Å². The minimum Gasteiger partial charge on any atom is -0.394 e. The van der Waals surface area contributed by atoms with Gasteiger partial charge in [-0.25, -0.2) is 0 Å². The Balaban J connectivity index is 2.67. The van der Waals surface area contributed by atoms with E-state index in [0.29, 0.717) is 13.2 Å². The van der Waals surface area contributed by atoms with Crippen LogP contribution < -0.4 is 11.1 Å². The number of hydrogen-bond acceptors (Lipinski definition) is 4.